The molecule has 2 N–H and O–H groups in total. The summed E-state index contributed by atoms with van der Waals surface area (Å²) in [4.78, 5) is 20.2. The fourth-order valence-corrected chi connectivity index (χ4v) is 2.33. The first kappa shape index (κ1) is 17.2. The lowest BCUT2D eigenvalue weighted by Crippen LogP contribution is -2.19. The summed E-state index contributed by atoms with van der Waals surface area (Å²) in [6.07, 6.45) is 3.17. The summed E-state index contributed by atoms with van der Waals surface area (Å²) < 4.78 is 6.31. The summed E-state index contributed by atoms with van der Waals surface area (Å²) in [6, 6.07) is 13.7. The number of nitrogens with zero attached hydrogens (tertiary/aromatic N) is 2. The van der Waals surface area contributed by atoms with Crippen molar-refractivity contribution in [3.63, 3.8) is 0 Å². The topological polar surface area (TPSA) is 76.1 Å². The highest BCUT2D eigenvalue weighted by Gasteiger charge is 2.07. The van der Waals surface area contributed by atoms with Gasteiger partial charge in [0, 0.05) is 24.1 Å². The van der Waals surface area contributed by atoms with Crippen molar-refractivity contribution in [1.82, 2.24) is 9.97 Å². The highest BCUT2D eigenvalue weighted by Crippen LogP contribution is 2.23. The van der Waals surface area contributed by atoms with E-state index in [0.717, 1.165) is 4.47 Å². The molecule has 0 saturated carbocycles. The Hall–Kier alpha value is -2.64. The van der Waals surface area contributed by atoms with Crippen molar-refractivity contribution in [3.05, 3.63) is 70.4 Å². The van der Waals surface area contributed by atoms with Gasteiger partial charge < -0.3 is 15.4 Å². The van der Waals surface area contributed by atoms with E-state index in [1.165, 1.54) is 0 Å². The van der Waals surface area contributed by atoms with Gasteiger partial charge >= 0.3 is 12.0 Å². The second kappa shape index (κ2) is 7.96. The highest BCUT2D eigenvalue weighted by atomic mass is 79.9. The van der Waals surface area contributed by atoms with Crippen LogP contribution in [-0.2, 0) is 0 Å². The van der Waals surface area contributed by atoms with Crippen LogP contribution in [0.1, 0.15) is 0 Å². The Bertz CT molecular complexity index is 890. The summed E-state index contributed by atoms with van der Waals surface area (Å²) in [5, 5.41) is 5.86. The standard InChI is InChI=1S/C17H12BrClN4O2/c18-11-9-20-17(21-10-11)25-13-5-3-4-12(8-13)22-16(24)23-15-7-2-1-6-14(15)19/h1-10H,(H2,22,23,24). The van der Waals surface area contributed by atoms with Crippen LogP contribution in [0.4, 0.5) is 16.2 Å². The maximum atomic E-state index is 12.1. The Morgan fingerprint density at radius 3 is 2.56 bits per heavy atom. The largest absolute Gasteiger partial charge is 0.424 e. The quantitative estimate of drug-likeness (QED) is 0.599. The number of rotatable bonds is 4. The molecule has 1 heterocycles. The molecule has 126 valence electrons. The summed E-state index contributed by atoms with van der Waals surface area (Å²) in [5.74, 6) is 0.498. The minimum Gasteiger partial charge on any atom is -0.424 e. The van der Waals surface area contributed by atoms with E-state index < -0.39 is 6.03 Å². The molecule has 0 bridgehead atoms. The molecule has 0 aliphatic rings. The van der Waals surface area contributed by atoms with Crippen molar-refractivity contribution in [2.75, 3.05) is 10.6 Å². The van der Waals surface area contributed by atoms with Gasteiger partial charge in [-0.2, -0.15) is 0 Å². The maximum absolute atomic E-state index is 12.1. The average Bonchev–Trinajstić information content (AvgIpc) is 2.59. The Morgan fingerprint density at radius 2 is 1.80 bits per heavy atom. The first-order valence-electron chi connectivity index (χ1n) is 7.18. The molecule has 2 aromatic carbocycles. The van der Waals surface area contributed by atoms with Crippen LogP contribution in [0, 0.1) is 0 Å². The van der Waals surface area contributed by atoms with Crippen LogP contribution in [0.2, 0.25) is 5.02 Å². The number of hydrogen-bond acceptors (Lipinski definition) is 4. The Balaban J connectivity index is 1.66. The van der Waals surface area contributed by atoms with Crippen LogP contribution >= 0.6 is 27.5 Å². The molecule has 0 atom stereocenters. The minimum atomic E-state index is -0.412. The minimum absolute atomic E-state index is 0.209. The number of halogens is 2. The molecule has 0 fully saturated rings. The monoisotopic (exact) mass is 418 g/mol. The van der Waals surface area contributed by atoms with Gasteiger partial charge in [-0.3, -0.25) is 0 Å². The van der Waals surface area contributed by atoms with Gasteiger partial charge in [-0.05, 0) is 40.2 Å². The van der Waals surface area contributed by atoms with E-state index in [2.05, 4.69) is 36.5 Å². The second-order valence-electron chi connectivity index (χ2n) is 4.87. The summed E-state index contributed by atoms with van der Waals surface area (Å²) in [7, 11) is 0. The van der Waals surface area contributed by atoms with Gasteiger partial charge in [0.15, 0.2) is 0 Å². The Morgan fingerprint density at radius 1 is 1.04 bits per heavy atom. The van der Waals surface area contributed by atoms with E-state index in [1.54, 1.807) is 60.9 Å². The number of carbonyl (C=O) groups is 1. The van der Waals surface area contributed by atoms with Gasteiger partial charge in [-0.25, -0.2) is 14.8 Å². The maximum Gasteiger partial charge on any atom is 0.323 e. The molecule has 3 aromatic rings. The average molecular weight is 420 g/mol. The molecule has 25 heavy (non-hydrogen) atoms. The zero-order chi connectivity index (χ0) is 17.6. The number of aromatic nitrogens is 2. The molecule has 3 rings (SSSR count). The van der Waals surface area contributed by atoms with Gasteiger partial charge in [-0.1, -0.05) is 29.8 Å². The van der Waals surface area contributed by atoms with Gasteiger partial charge in [0.05, 0.1) is 15.2 Å². The molecule has 2 amide bonds. The van der Waals surface area contributed by atoms with Crippen molar-refractivity contribution in [2.45, 2.75) is 0 Å². The van der Waals surface area contributed by atoms with Crippen molar-refractivity contribution >= 4 is 44.9 Å². The molecule has 0 saturated heterocycles. The van der Waals surface area contributed by atoms with Crippen molar-refractivity contribution in [3.8, 4) is 11.8 Å². The van der Waals surface area contributed by atoms with E-state index >= 15 is 0 Å². The summed E-state index contributed by atoms with van der Waals surface area (Å²) >= 11 is 9.28. The molecule has 0 aliphatic heterocycles. The van der Waals surface area contributed by atoms with Crippen LogP contribution in [0.15, 0.2) is 65.4 Å². The number of nitrogens with one attached hydrogen (secondary N) is 2. The molecular weight excluding hydrogens is 408 g/mol. The van der Waals surface area contributed by atoms with Crippen LogP contribution in [0.3, 0.4) is 0 Å². The third-order valence-corrected chi connectivity index (χ3v) is 3.76. The molecule has 0 unspecified atom stereocenters. The van der Waals surface area contributed by atoms with Gasteiger partial charge in [0.2, 0.25) is 0 Å². The zero-order valence-corrected chi connectivity index (χ0v) is 15.1. The van der Waals surface area contributed by atoms with Crippen LogP contribution in [0.25, 0.3) is 0 Å². The lowest BCUT2D eigenvalue weighted by atomic mass is 10.3. The lowest BCUT2D eigenvalue weighted by Gasteiger charge is -2.10. The van der Waals surface area contributed by atoms with Crippen LogP contribution < -0.4 is 15.4 Å². The number of para-hydroxylation sites is 1. The van der Waals surface area contributed by atoms with Crippen molar-refractivity contribution in [1.29, 1.82) is 0 Å². The number of amides is 2. The predicted molar refractivity (Wildman–Crippen MR) is 100 cm³/mol. The van der Waals surface area contributed by atoms with Gasteiger partial charge in [0.1, 0.15) is 5.75 Å². The van der Waals surface area contributed by atoms with Gasteiger partial charge in [-0.15, -0.1) is 0 Å². The number of anilines is 2. The molecule has 8 heteroatoms. The first-order valence-corrected chi connectivity index (χ1v) is 8.35. The molecule has 6 nitrogen and oxygen atoms in total. The zero-order valence-electron chi connectivity index (χ0n) is 12.7. The van der Waals surface area contributed by atoms with E-state index in [0.29, 0.717) is 22.1 Å². The molecule has 1 aromatic heterocycles. The molecule has 0 spiro atoms. The molecule has 0 radical (unpaired) electrons. The third-order valence-electron chi connectivity index (χ3n) is 3.02. The van der Waals surface area contributed by atoms with Crippen molar-refractivity contribution in [2.24, 2.45) is 0 Å². The molecular formula is C17H12BrClN4O2. The summed E-state index contributed by atoms with van der Waals surface area (Å²) in [5.41, 5.74) is 1.08. The number of carbonyl (C=O) groups excluding carboxylic acids is 1. The van der Waals surface area contributed by atoms with E-state index in [4.69, 9.17) is 16.3 Å². The van der Waals surface area contributed by atoms with Gasteiger partial charge in [0.25, 0.3) is 0 Å². The predicted octanol–water partition coefficient (Wildman–Crippen LogP) is 5.33. The first-order chi connectivity index (χ1) is 12.1. The second-order valence-corrected chi connectivity index (χ2v) is 6.20. The fourth-order valence-electron chi connectivity index (χ4n) is 1.94. The van der Waals surface area contributed by atoms with E-state index in [9.17, 15) is 4.79 Å². The lowest BCUT2D eigenvalue weighted by molar-refractivity contribution is 0.262. The SMILES string of the molecule is O=C(Nc1cccc(Oc2ncc(Br)cn2)c1)Nc1ccccc1Cl. The summed E-state index contributed by atoms with van der Waals surface area (Å²) in [6.45, 7) is 0. The number of benzene rings is 2. The molecule has 0 aliphatic carbocycles. The third kappa shape index (κ3) is 4.91. The number of hydrogen-bond donors (Lipinski definition) is 2. The number of urea groups is 1. The highest BCUT2D eigenvalue weighted by molar-refractivity contribution is 9.10. The van der Waals surface area contributed by atoms with Crippen LogP contribution in [0.5, 0.6) is 11.8 Å². The normalized spacial score (nSPS) is 10.2. The van der Waals surface area contributed by atoms with Crippen LogP contribution in [-0.4, -0.2) is 16.0 Å². The Labute approximate surface area is 157 Å². The fraction of sp³-hybridized carbons (Fsp3) is 0. The van der Waals surface area contributed by atoms with E-state index in [1.807, 2.05) is 0 Å². The van der Waals surface area contributed by atoms with Crippen molar-refractivity contribution < 1.29 is 9.53 Å². The smallest absolute Gasteiger partial charge is 0.323 e. The Kier molecular flexibility index (Phi) is 5.47. The van der Waals surface area contributed by atoms with E-state index in [-0.39, 0.29) is 6.01 Å². The number of ether oxygens (including phenoxy) is 1.